The summed E-state index contributed by atoms with van der Waals surface area (Å²) in [7, 11) is 1.68. The van der Waals surface area contributed by atoms with Gasteiger partial charge in [0.15, 0.2) is 0 Å². The quantitative estimate of drug-likeness (QED) is 0.442. The summed E-state index contributed by atoms with van der Waals surface area (Å²) in [5.41, 5.74) is 2.00. The Morgan fingerprint density at radius 1 is 1.06 bits per heavy atom. The number of aromatic nitrogens is 5. The minimum absolute atomic E-state index is 0.237. The van der Waals surface area contributed by atoms with Crippen LogP contribution in [0.3, 0.4) is 0 Å². The maximum Gasteiger partial charge on any atom is 0.416 e. The molecule has 10 heteroatoms. The molecule has 33 heavy (non-hydrogen) atoms. The Hall–Kier alpha value is -3.95. The van der Waals surface area contributed by atoms with E-state index in [-0.39, 0.29) is 17.6 Å². The predicted octanol–water partition coefficient (Wildman–Crippen LogP) is 4.61. The van der Waals surface area contributed by atoms with Gasteiger partial charge >= 0.3 is 6.18 Å². The SMILES string of the molecule is Cc1c(C(=O)N(C)C(C)c2ccc(-n3cncn3)cc2)cnn1-c1cccc(C(F)(F)F)c1. The molecular weight excluding hydrogens is 433 g/mol. The summed E-state index contributed by atoms with van der Waals surface area (Å²) < 4.78 is 42.2. The van der Waals surface area contributed by atoms with Gasteiger partial charge in [-0.25, -0.2) is 14.3 Å². The molecular formula is C23H21F3N6O. The first-order chi connectivity index (χ1) is 15.7. The van der Waals surface area contributed by atoms with Gasteiger partial charge in [0.2, 0.25) is 0 Å². The summed E-state index contributed by atoms with van der Waals surface area (Å²) in [6.45, 7) is 3.56. The standard InChI is InChI=1S/C23H21F3N6O/c1-15(17-7-9-19(10-8-17)31-14-27-13-29-31)30(3)22(33)21-12-28-32(16(21)2)20-6-4-5-18(11-20)23(24,25)26/h4-15H,1-3H3. The summed E-state index contributed by atoms with van der Waals surface area (Å²) in [6.07, 6.45) is -0.0342. The van der Waals surface area contributed by atoms with Crippen LogP contribution in [0.15, 0.2) is 67.4 Å². The molecule has 0 saturated carbocycles. The van der Waals surface area contributed by atoms with Crippen molar-refractivity contribution in [2.45, 2.75) is 26.1 Å². The van der Waals surface area contributed by atoms with Crippen molar-refractivity contribution in [3.63, 3.8) is 0 Å². The number of carbonyl (C=O) groups excluding carboxylic acids is 1. The van der Waals surface area contributed by atoms with Gasteiger partial charge in [0.1, 0.15) is 12.7 Å². The van der Waals surface area contributed by atoms with Crippen molar-refractivity contribution in [3.05, 3.63) is 89.8 Å². The largest absolute Gasteiger partial charge is 0.416 e. The highest BCUT2D eigenvalue weighted by atomic mass is 19.4. The molecule has 2 aromatic carbocycles. The average molecular weight is 454 g/mol. The Morgan fingerprint density at radius 3 is 2.42 bits per heavy atom. The highest BCUT2D eigenvalue weighted by molar-refractivity contribution is 5.95. The molecule has 4 aromatic rings. The van der Waals surface area contributed by atoms with Gasteiger partial charge in [-0.05, 0) is 49.7 Å². The molecule has 4 rings (SSSR count). The van der Waals surface area contributed by atoms with Gasteiger partial charge in [-0.2, -0.15) is 23.4 Å². The molecule has 0 fully saturated rings. The first kappa shape index (κ1) is 22.3. The lowest BCUT2D eigenvalue weighted by Crippen LogP contribution is -2.30. The summed E-state index contributed by atoms with van der Waals surface area (Å²) >= 11 is 0. The van der Waals surface area contributed by atoms with Gasteiger partial charge in [-0.3, -0.25) is 4.79 Å². The van der Waals surface area contributed by atoms with Gasteiger partial charge in [-0.1, -0.05) is 18.2 Å². The van der Waals surface area contributed by atoms with Crippen LogP contribution in [0.4, 0.5) is 13.2 Å². The lowest BCUT2D eigenvalue weighted by molar-refractivity contribution is -0.137. The Kier molecular flexibility index (Phi) is 5.75. The fraction of sp³-hybridized carbons (Fsp3) is 0.217. The minimum Gasteiger partial charge on any atom is -0.335 e. The van der Waals surface area contributed by atoms with E-state index in [2.05, 4.69) is 15.2 Å². The van der Waals surface area contributed by atoms with Crippen molar-refractivity contribution >= 4 is 5.91 Å². The molecule has 0 radical (unpaired) electrons. The molecule has 1 amide bonds. The lowest BCUT2D eigenvalue weighted by Gasteiger charge is -2.25. The summed E-state index contributed by atoms with van der Waals surface area (Å²) in [5, 5.41) is 8.26. The Morgan fingerprint density at radius 2 is 1.79 bits per heavy atom. The molecule has 0 N–H and O–H groups in total. The Labute approximate surface area is 188 Å². The Balaban J connectivity index is 1.55. The van der Waals surface area contributed by atoms with Gasteiger partial charge in [0.25, 0.3) is 5.91 Å². The molecule has 7 nitrogen and oxygen atoms in total. The van der Waals surface area contributed by atoms with Gasteiger partial charge < -0.3 is 4.90 Å². The molecule has 2 aromatic heterocycles. The number of carbonyl (C=O) groups is 1. The second kappa shape index (κ2) is 8.53. The van der Waals surface area contributed by atoms with Gasteiger partial charge in [-0.15, -0.1) is 0 Å². The van der Waals surface area contributed by atoms with Crippen LogP contribution in [0.1, 0.15) is 40.1 Å². The fourth-order valence-electron chi connectivity index (χ4n) is 3.53. The van der Waals surface area contributed by atoms with Crippen LogP contribution in [0.2, 0.25) is 0 Å². The van der Waals surface area contributed by atoms with E-state index in [1.165, 1.54) is 29.3 Å². The van der Waals surface area contributed by atoms with Gasteiger partial charge in [0, 0.05) is 7.05 Å². The van der Waals surface area contributed by atoms with E-state index in [1.54, 1.807) is 29.9 Å². The molecule has 0 aliphatic heterocycles. The molecule has 0 aliphatic rings. The van der Waals surface area contributed by atoms with E-state index in [1.807, 2.05) is 31.2 Å². The summed E-state index contributed by atoms with van der Waals surface area (Å²) in [5.74, 6) is -0.279. The maximum absolute atomic E-state index is 13.2. The van der Waals surface area contributed by atoms with E-state index in [0.29, 0.717) is 11.3 Å². The second-order valence-corrected chi connectivity index (χ2v) is 7.63. The first-order valence-corrected chi connectivity index (χ1v) is 10.1. The van der Waals surface area contributed by atoms with Crippen LogP contribution in [-0.2, 0) is 6.18 Å². The normalized spacial score (nSPS) is 12.5. The zero-order valence-electron chi connectivity index (χ0n) is 18.2. The third-order valence-corrected chi connectivity index (χ3v) is 5.62. The number of nitrogens with zero attached hydrogens (tertiary/aromatic N) is 6. The number of amides is 1. The number of alkyl halides is 3. The second-order valence-electron chi connectivity index (χ2n) is 7.63. The minimum atomic E-state index is -4.46. The topological polar surface area (TPSA) is 68.8 Å². The third-order valence-electron chi connectivity index (χ3n) is 5.62. The number of hydrogen-bond acceptors (Lipinski definition) is 4. The summed E-state index contributed by atoms with van der Waals surface area (Å²) in [4.78, 5) is 18.7. The van der Waals surface area contributed by atoms with Crippen molar-refractivity contribution in [2.75, 3.05) is 7.05 Å². The van der Waals surface area contributed by atoms with Crippen molar-refractivity contribution in [3.8, 4) is 11.4 Å². The van der Waals surface area contributed by atoms with E-state index < -0.39 is 11.7 Å². The Bertz CT molecular complexity index is 1260. The first-order valence-electron chi connectivity index (χ1n) is 10.1. The third kappa shape index (κ3) is 4.36. The number of hydrogen-bond donors (Lipinski definition) is 0. The molecule has 0 aliphatic carbocycles. The fourth-order valence-corrected chi connectivity index (χ4v) is 3.53. The van der Waals surface area contributed by atoms with Crippen molar-refractivity contribution in [1.29, 1.82) is 0 Å². The number of rotatable bonds is 5. The van der Waals surface area contributed by atoms with E-state index in [4.69, 9.17) is 0 Å². The highest BCUT2D eigenvalue weighted by Gasteiger charge is 2.31. The van der Waals surface area contributed by atoms with Crippen molar-refractivity contribution < 1.29 is 18.0 Å². The van der Waals surface area contributed by atoms with E-state index >= 15 is 0 Å². The molecule has 0 saturated heterocycles. The molecule has 170 valence electrons. The van der Waals surface area contributed by atoms with Crippen molar-refractivity contribution in [2.24, 2.45) is 0 Å². The van der Waals surface area contributed by atoms with Crippen LogP contribution in [0, 0.1) is 6.92 Å². The van der Waals surface area contributed by atoms with E-state index in [0.717, 1.165) is 23.4 Å². The number of halogens is 3. The van der Waals surface area contributed by atoms with Crippen LogP contribution >= 0.6 is 0 Å². The zero-order valence-corrected chi connectivity index (χ0v) is 18.2. The maximum atomic E-state index is 13.2. The smallest absolute Gasteiger partial charge is 0.335 e. The molecule has 0 spiro atoms. The summed E-state index contributed by atoms with van der Waals surface area (Å²) in [6, 6.07) is 12.2. The average Bonchev–Trinajstić information content (AvgIpc) is 3.47. The van der Waals surface area contributed by atoms with Crippen LogP contribution in [-0.4, -0.2) is 42.4 Å². The lowest BCUT2D eigenvalue weighted by atomic mass is 10.1. The monoisotopic (exact) mass is 454 g/mol. The molecule has 1 atom stereocenters. The number of benzene rings is 2. The van der Waals surface area contributed by atoms with Crippen LogP contribution in [0.25, 0.3) is 11.4 Å². The molecule has 2 heterocycles. The van der Waals surface area contributed by atoms with Crippen LogP contribution < -0.4 is 0 Å². The van der Waals surface area contributed by atoms with E-state index in [9.17, 15) is 18.0 Å². The van der Waals surface area contributed by atoms with Crippen molar-refractivity contribution in [1.82, 2.24) is 29.4 Å². The molecule has 0 bridgehead atoms. The predicted molar refractivity (Wildman–Crippen MR) is 115 cm³/mol. The zero-order chi connectivity index (χ0) is 23.8. The highest BCUT2D eigenvalue weighted by Crippen LogP contribution is 2.31. The van der Waals surface area contributed by atoms with Crippen LogP contribution in [0.5, 0.6) is 0 Å². The van der Waals surface area contributed by atoms with Gasteiger partial charge in [0.05, 0.1) is 40.4 Å². The molecule has 1 unspecified atom stereocenters.